The molecule has 0 amide bonds. The van der Waals surface area contributed by atoms with E-state index in [9.17, 15) is 15.3 Å². The Hall–Kier alpha value is -0.280. The average molecular weight is 346 g/mol. The molecule has 0 radical (unpaired) electrons. The Bertz CT molecular complexity index is 410. The third-order valence-electron chi connectivity index (χ3n) is 5.70. The summed E-state index contributed by atoms with van der Waals surface area (Å²) in [4.78, 5) is 0. The normalized spacial score (nSPS) is 50.2. The van der Waals surface area contributed by atoms with E-state index in [-0.39, 0.29) is 23.8 Å². The highest BCUT2D eigenvalue weighted by molar-refractivity contribution is 4.96. The summed E-state index contributed by atoms with van der Waals surface area (Å²) in [5.74, 6) is 0.00313. The van der Waals surface area contributed by atoms with Gasteiger partial charge in [0.1, 0.15) is 12.2 Å². The van der Waals surface area contributed by atoms with Crippen molar-refractivity contribution in [1.82, 2.24) is 0 Å². The number of aliphatic hydroxyl groups excluding tert-OH is 3. The van der Waals surface area contributed by atoms with Crippen LogP contribution in [0.3, 0.4) is 0 Å². The fraction of sp³-hybridized carbons (Fsp3) is 1.00. The van der Waals surface area contributed by atoms with Gasteiger partial charge in [0.15, 0.2) is 6.29 Å². The minimum Gasteiger partial charge on any atom is -0.392 e. The van der Waals surface area contributed by atoms with Crippen LogP contribution in [0.1, 0.15) is 40.5 Å². The SMILES string of the molecule is CC[C@@H]1CC(N)[C@@H](O[C@H]2OC(C(C)C)[C@@H](O)[C@H](O)C2N)[C@H](C)C1O. The molecule has 0 spiro atoms. The number of ether oxygens (including phenoxy) is 2. The molecule has 1 saturated heterocycles. The number of hydrogen-bond donors (Lipinski definition) is 5. The van der Waals surface area contributed by atoms with Crippen LogP contribution in [0.2, 0.25) is 0 Å². The summed E-state index contributed by atoms with van der Waals surface area (Å²) < 4.78 is 11.9. The first-order valence-corrected chi connectivity index (χ1v) is 9.05. The number of nitrogens with two attached hydrogens (primary N) is 2. The molecule has 0 aromatic rings. The summed E-state index contributed by atoms with van der Waals surface area (Å²) >= 11 is 0. The van der Waals surface area contributed by atoms with Gasteiger partial charge >= 0.3 is 0 Å². The molecule has 2 aliphatic rings. The maximum Gasteiger partial charge on any atom is 0.176 e. The number of hydrogen-bond acceptors (Lipinski definition) is 7. The Morgan fingerprint density at radius 2 is 1.75 bits per heavy atom. The molecule has 7 nitrogen and oxygen atoms in total. The van der Waals surface area contributed by atoms with Crippen molar-refractivity contribution in [3.63, 3.8) is 0 Å². The molecule has 7 heteroatoms. The fourth-order valence-electron chi connectivity index (χ4n) is 4.01. The van der Waals surface area contributed by atoms with E-state index in [1.165, 1.54) is 0 Å². The van der Waals surface area contributed by atoms with Crippen molar-refractivity contribution in [3.8, 4) is 0 Å². The minimum absolute atomic E-state index is 0.000708. The van der Waals surface area contributed by atoms with E-state index in [1.807, 2.05) is 27.7 Å². The largest absolute Gasteiger partial charge is 0.392 e. The van der Waals surface area contributed by atoms with Crippen molar-refractivity contribution >= 4 is 0 Å². The number of rotatable bonds is 4. The van der Waals surface area contributed by atoms with Gasteiger partial charge < -0.3 is 36.3 Å². The van der Waals surface area contributed by atoms with Gasteiger partial charge in [-0.2, -0.15) is 0 Å². The Balaban J connectivity index is 2.10. The predicted octanol–water partition coefficient (Wildman–Crippen LogP) is -0.444. The Morgan fingerprint density at radius 3 is 2.29 bits per heavy atom. The van der Waals surface area contributed by atoms with Crippen LogP contribution in [0.5, 0.6) is 0 Å². The first kappa shape index (κ1) is 20.0. The second-order valence-electron chi connectivity index (χ2n) is 7.79. The van der Waals surface area contributed by atoms with Crippen LogP contribution < -0.4 is 11.5 Å². The van der Waals surface area contributed by atoms with E-state index < -0.39 is 42.9 Å². The summed E-state index contributed by atoms with van der Waals surface area (Å²) in [6.07, 6.45) is -2.95. The average Bonchev–Trinajstić information content (AvgIpc) is 2.54. The van der Waals surface area contributed by atoms with Crippen LogP contribution in [0, 0.1) is 17.8 Å². The van der Waals surface area contributed by atoms with Gasteiger partial charge in [-0.3, -0.25) is 0 Å². The maximum absolute atomic E-state index is 10.5. The Kier molecular flexibility index (Phi) is 6.64. The molecule has 2 rings (SSSR count). The van der Waals surface area contributed by atoms with Crippen LogP contribution in [0.25, 0.3) is 0 Å². The molecule has 0 bridgehead atoms. The van der Waals surface area contributed by atoms with Crippen LogP contribution in [-0.2, 0) is 9.47 Å². The lowest BCUT2D eigenvalue weighted by molar-refractivity contribution is -0.292. The zero-order valence-corrected chi connectivity index (χ0v) is 15.1. The van der Waals surface area contributed by atoms with Gasteiger partial charge in [0.05, 0.1) is 24.4 Å². The molecule has 24 heavy (non-hydrogen) atoms. The lowest BCUT2D eigenvalue weighted by Gasteiger charge is -2.47. The summed E-state index contributed by atoms with van der Waals surface area (Å²) in [6, 6.07) is -1.10. The van der Waals surface area contributed by atoms with Crippen LogP contribution in [-0.4, -0.2) is 64.2 Å². The van der Waals surface area contributed by atoms with Gasteiger partial charge in [0, 0.05) is 12.0 Å². The van der Waals surface area contributed by atoms with Gasteiger partial charge in [-0.15, -0.1) is 0 Å². The summed E-state index contributed by atoms with van der Waals surface area (Å²) in [5.41, 5.74) is 12.3. The third kappa shape index (κ3) is 3.77. The van der Waals surface area contributed by atoms with Crippen molar-refractivity contribution in [2.24, 2.45) is 29.2 Å². The first-order chi connectivity index (χ1) is 11.2. The number of aliphatic hydroxyl groups is 3. The minimum atomic E-state index is -1.13. The molecule has 4 unspecified atom stereocenters. The van der Waals surface area contributed by atoms with E-state index >= 15 is 0 Å². The topological polar surface area (TPSA) is 131 Å². The van der Waals surface area contributed by atoms with Crippen molar-refractivity contribution in [2.75, 3.05) is 0 Å². The Labute approximate surface area is 144 Å². The van der Waals surface area contributed by atoms with E-state index in [2.05, 4.69) is 0 Å². The van der Waals surface area contributed by atoms with E-state index in [1.54, 1.807) is 0 Å². The van der Waals surface area contributed by atoms with Crippen molar-refractivity contribution in [2.45, 2.75) is 89.4 Å². The molecule has 1 saturated carbocycles. The van der Waals surface area contributed by atoms with Crippen molar-refractivity contribution in [1.29, 1.82) is 0 Å². The smallest absolute Gasteiger partial charge is 0.176 e. The monoisotopic (exact) mass is 346 g/mol. The molecule has 1 heterocycles. The van der Waals surface area contributed by atoms with Gasteiger partial charge in [-0.25, -0.2) is 0 Å². The van der Waals surface area contributed by atoms with E-state index in [0.717, 1.165) is 6.42 Å². The standard InChI is InChI=1S/C17H34N2O5/c1-5-9-6-10(18)16(8(4)12(9)20)24-17-11(19)13(21)14(22)15(23-17)7(2)3/h7-17,20-22H,5-6,18-19H2,1-4H3/t8-,9-,10?,11?,12?,13-,14+,15?,16+,17-/m1/s1. The van der Waals surface area contributed by atoms with Gasteiger partial charge in [0.25, 0.3) is 0 Å². The maximum atomic E-state index is 10.5. The molecule has 0 aromatic carbocycles. The van der Waals surface area contributed by atoms with Crippen LogP contribution in [0.4, 0.5) is 0 Å². The molecule has 10 atom stereocenters. The molecule has 1 aliphatic heterocycles. The molecule has 7 N–H and O–H groups in total. The lowest BCUT2D eigenvalue weighted by Crippen LogP contribution is -2.65. The molecule has 0 aromatic heterocycles. The summed E-state index contributed by atoms with van der Waals surface area (Å²) in [5, 5.41) is 30.8. The summed E-state index contributed by atoms with van der Waals surface area (Å²) in [7, 11) is 0. The van der Waals surface area contributed by atoms with Gasteiger partial charge in [-0.05, 0) is 18.3 Å². The zero-order valence-electron chi connectivity index (χ0n) is 15.1. The first-order valence-electron chi connectivity index (χ1n) is 9.05. The molecular weight excluding hydrogens is 312 g/mol. The van der Waals surface area contributed by atoms with E-state index in [4.69, 9.17) is 20.9 Å². The molecule has 142 valence electrons. The highest BCUT2D eigenvalue weighted by atomic mass is 16.7. The molecule has 2 fully saturated rings. The molecular formula is C17H34N2O5. The quantitative estimate of drug-likeness (QED) is 0.466. The third-order valence-corrected chi connectivity index (χ3v) is 5.70. The Morgan fingerprint density at radius 1 is 1.12 bits per heavy atom. The predicted molar refractivity (Wildman–Crippen MR) is 89.9 cm³/mol. The fourth-order valence-corrected chi connectivity index (χ4v) is 4.01. The zero-order chi connectivity index (χ0) is 18.2. The van der Waals surface area contributed by atoms with Crippen LogP contribution in [0.15, 0.2) is 0 Å². The highest BCUT2D eigenvalue weighted by Gasteiger charge is 2.48. The van der Waals surface area contributed by atoms with Crippen molar-refractivity contribution in [3.05, 3.63) is 0 Å². The second-order valence-corrected chi connectivity index (χ2v) is 7.79. The lowest BCUT2D eigenvalue weighted by atomic mass is 9.74. The van der Waals surface area contributed by atoms with Gasteiger partial charge in [0.2, 0.25) is 0 Å². The highest BCUT2D eigenvalue weighted by Crippen LogP contribution is 2.35. The van der Waals surface area contributed by atoms with Gasteiger partial charge in [-0.1, -0.05) is 34.1 Å². The second kappa shape index (κ2) is 7.95. The van der Waals surface area contributed by atoms with Crippen LogP contribution >= 0.6 is 0 Å². The summed E-state index contributed by atoms with van der Waals surface area (Å²) in [6.45, 7) is 7.76. The van der Waals surface area contributed by atoms with Crippen molar-refractivity contribution < 1.29 is 24.8 Å². The molecule has 1 aliphatic carbocycles. The van der Waals surface area contributed by atoms with E-state index in [0.29, 0.717) is 6.42 Å².